The number of hydrogen-bond acceptors (Lipinski definition) is 6. The molecule has 0 amide bonds. The normalized spacial score (nSPS) is 12.0. The van der Waals surface area contributed by atoms with Gasteiger partial charge < -0.3 is 9.26 Å². The molecule has 2 aromatic heterocycles. The Balaban J connectivity index is 2.22. The highest BCUT2D eigenvalue weighted by atomic mass is 19.4. The molecule has 2 rings (SSSR count). The monoisotopic (exact) mass is 381 g/mol. The van der Waals surface area contributed by atoms with Crippen LogP contribution in [0.4, 0.5) is 13.2 Å². The number of aliphatic imine (C=N–C) groups is 2. The van der Waals surface area contributed by atoms with Crippen molar-refractivity contribution in [2.75, 3.05) is 6.61 Å². The SMILES string of the molecule is C=C(CC)N=C(N=C(C)C)c1noc(-c2ccc(OCC(F)(F)F)nc2)n1. The van der Waals surface area contributed by atoms with E-state index in [2.05, 4.69) is 36.4 Å². The number of ether oxygens (including phenoxy) is 1. The molecule has 0 aromatic carbocycles. The molecule has 0 saturated carbocycles. The molecular formula is C17H18F3N5O2. The third kappa shape index (κ3) is 6.32. The van der Waals surface area contributed by atoms with Crippen molar-refractivity contribution in [1.82, 2.24) is 15.1 Å². The van der Waals surface area contributed by atoms with E-state index in [4.69, 9.17) is 4.52 Å². The summed E-state index contributed by atoms with van der Waals surface area (Å²) in [7, 11) is 0. The van der Waals surface area contributed by atoms with Gasteiger partial charge in [-0.2, -0.15) is 18.2 Å². The van der Waals surface area contributed by atoms with Gasteiger partial charge in [-0.25, -0.2) is 15.0 Å². The molecule has 0 aliphatic carbocycles. The molecule has 0 spiro atoms. The second-order valence-electron chi connectivity index (χ2n) is 5.63. The molecule has 0 saturated heterocycles. The van der Waals surface area contributed by atoms with Gasteiger partial charge >= 0.3 is 6.18 Å². The fraction of sp³-hybridized carbons (Fsp3) is 0.353. The average Bonchev–Trinajstić information content (AvgIpc) is 3.08. The number of aromatic nitrogens is 3. The summed E-state index contributed by atoms with van der Waals surface area (Å²) in [4.78, 5) is 16.6. The lowest BCUT2D eigenvalue weighted by atomic mass is 10.3. The Labute approximate surface area is 153 Å². The summed E-state index contributed by atoms with van der Waals surface area (Å²) < 4.78 is 46.2. The molecule has 27 heavy (non-hydrogen) atoms. The predicted octanol–water partition coefficient (Wildman–Crippen LogP) is 4.22. The van der Waals surface area contributed by atoms with E-state index in [1.165, 1.54) is 18.3 Å². The zero-order valence-corrected chi connectivity index (χ0v) is 15.0. The zero-order valence-electron chi connectivity index (χ0n) is 15.0. The van der Waals surface area contributed by atoms with Crippen LogP contribution in [0.3, 0.4) is 0 Å². The van der Waals surface area contributed by atoms with Crippen LogP contribution < -0.4 is 4.74 Å². The molecule has 0 bridgehead atoms. The summed E-state index contributed by atoms with van der Waals surface area (Å²) in [6.07, 6.45) is -2.52. The number of nitrogens with zero attached hydrogens (tertiary/aromatic N) is 5. The maximum absolute atomic E-state index is 12.2. The molecule has 144 valence electrons. The van der Waals surface area contributed by atoms with E-state index < -0.39 is 12.8 Å². The highest BCUT2D eigenvalue weighted by molar-refractivity contribution is 6.04. The van der Waals surface area contributed by atoms with Crippen LogP contribution in [-0.4, -0.2) is 39.5 Å². The largest absolute Gasteiger partial charge is 0.468 e. The van der Waals surface area contributed by atoms with E-state index >= 15 is 0 Å². The topological polar surface area (TPSA) is 85.8 Å². The van der Waals surface area contributed by atoms with Crippen molar-refractivity contribution in [3.63, 3.8) is 0 Å². The molecule has 0 aliphatic heterocycles. The van der Waals surface area contributed by atoms with Gasteiger partial charge in [0.25, 0.3) is 5.89 Å². The number of alkyl halides is 3. The van der Waals surface area contributed by atoms with Crippen LogP contribution in [-0.2, 0) is 0 Å². The van der Waals surface area contributed by atoms with E-state index in [0.29, 0.717) is 17.7 Å². The summed E-state index contributed by atoms with van der Waals surface area (Å²) in [6.45, 7) is 7.90. The van der Waals surface area contributed by atoms with Gasteiger partial charge in [0.05, 0.1) is 5.56 Å². The standard InChI is InChI=1S/C17H18F3N5O2/c1-5-11(4)23-14(22-10(2)3)15-24-16(27-25-15)12-6-7-13(21-8-12)26-9-17(18,19)20/h6-8H,4-5,9H2,1-3H3. The molecule has 0 aliphatic rings. The smallest absolute Gasteiger partial charge is 0.422 e. The summed E-state index contributed by atoms with van der Waals surface area (Å²) >= 11 is 0. The first-order chi connectivity index (χ1) is 12.7. The van der Waals surface area contributed by atoms with Crippen molar-refractivity contribution in [1.29, 1.82) is 0 Å². The Morgan fingerprint density at radius 3 is 2.56 bits per heavy atom. The van der Waals surface area contributed by atoms with Gasteiger partial charge in [-0.1, -0.05) is 18.7 Å². The van der Waals surface area contributed by atoms with Crippen LogP contribution in [0.5, 0.6) is 5.88 Å². The Morgan fingerprint density at radius 2 is 2.00 bits per heavy atom. The third-order valence-electron chi connectivity index (χ3n) is 2.99. The molecule has 0 unspecified atom stereocenters. The van der Waals surface area contributed by atoms with Gasteiger partial charge in [0.1, 0.15) is 0 Å². The van der Waals surface area contributed by atoms with Gasteiger partial charge in [-0.3, -0.25) is 0 Å². The van der Waals surface area contributed by atoms with E-state index in [0.717, 1.165) is 5.71 Å². The molecule has 7 nitrogen and oxygen atoms in total. The van der Waals surface area contributed by atoms with Crippen molar-refractivity contribution >= 4 is 11.5 Å². The van der Waals surface area contributed by atoms with Crippen LogP contribution in [0, 0.1) is 0 Å². The van der Waals surface area contributed by atoms with Crippen LogP contribution >= 0.6 is 0 Å². The molecule has 0 fully saturated rings. The average molecular weight is 381 g/mol. The first-order valence-corrected chi connectivity index (χ1v) is 7.96. The van der Waals surface area contributed by atoms with E-state index in [1.807, 2.05) is 6.92 Å². The molecule has 2 aromatic rings. The third-order valence-corrected chi connectivity index (χ3v) is 2.99. The van der Waals surface area contributed by atoms with Crippen molar-refractivity contribution in [2.24, 2.45) is 9.98 Å². The van der Waals surface area contributed by atoms with Crippen LogP contribution in [0.1, 0.15) is 33.0 Å². The van der Waals surface area contributed by atoms with Crippen molar-refractivity contribution in [3.05, 3.63) is 36.4 Å². The van der Waals surface area contributed by atoms with E-state index in [9.17, 15) is 13.2 Å². The molecule has 0 atom stereocenters. The quantitative estimate of drug-likeness (QED) is 0.552. The van der Waals surface area contributed by atoms with Gasteiger partial charge in [0.15, 0.2) is 6.61 Å². The number of amidine groups is 1. The number of hydrogen-bond donors (Lipinski definition) is 0. The first-order valence-electron chi connectivity index (χ1n) is 7.96. The van der Waals surface area contributed by atoms with E-state index in [1.54, 1.807) is 13.8 Å². The zero-order chi connectivity index (χ0) is 20.0. The second kappa shape index (κ2) is 8.56. The molecule has 0 N–H and O–H groups in total. The Hall–Kier alpha value is -3.04. The van der Waals surface area contributed by atoms with Crippen molar-refractivity contribution < 1.29 is 22.4 Å². The molecule has 2 heterocycles. The summed E-state index contributed by atoms with van der Waals surface area (Å²) in [5.41, 5.74) is 1.77. The lowest BCUT2D eigenvalue weighted by Gasteiger charge is -2.07. The number of rotatable bonds is 6. The van der Waals surface area contributed by atoms with Crippen LogP contribution in [0.25, 0.3) is 11.5 Å². The lowest BCUT2D eigenvalue weighted by molar-refractivity contribution is -0.154. The number of pyridine rings is 1. The minimum atomic E-state index is -4.43. The van der Waals surface area contributed by atoms with Crippen LogP contribution in [0.2, 0.25) is 0 Å². The first kappa shape index (κ1) is 20.3. The highest BCUT2D eigenvalue weighted by Crippen LogP contribution is 2.21. The molecule has 10 heteroatoms. The van der Waals surface area contributed by atoms with E-state index in [-0.39, 0.29) is 23.4 Å². The summed E-state index contributed by atoms with van der Waals surface area (Å²) in [6, 6.07) is 2.75. The molecular weight excluding hydrogens is 363 g/mol. The minimum absolute atomic E-state index is 0.124. The second-order valence-corrected chi connectivity index (χ2v) is 5.63. The number of allylic oxidation sites excluding steroid dienone is 1. The van der Waals surface area contributed by atoms with Crippen LogP contribution in [0.15, 0.2) is 45.1 Å². The predicted molar refractivity (Wildman–Crippen MR) is 93.8 cm³/mol. The minimum Gasteiger partial charge on any atom is -0.468 e. The van der Waals surface area contributed by atoms with Crippen molar-refractivity contribution in [2.45, 2.75) is 33.4 Å². The van der Waals surface area contributed by atoms with Gasteiger partial charge in [0.2, 0.25) is 17.5 Å². The van der Waals surface area contributed by atoms with Gasteiger partial charge in [0, 0.05) is 23.7 Å². The Bertz CT molecular complexity index is 850. The lowest BCUT2D eigenvalue weighted by Crippen LogP contribution is -2.19. The van der Waals surface area contributed by atoms with Crippen molar-refractivity contribution in [3.8, 4) is 17.3 Å². The maximum Gasteiger partial charge on any atom is 0.422 e. The fourth-order valence-corrected chi connectivity index (χ4v) is 1.75. The fourth-order valence-electron chi connectivity index (χ4n) is 1.75. The summed E-state index contributed by atoms with van der Waals surface area (Å²) in [5, 5.41) is 3.85. The number of halogens is 3. The Morgan fingerprint density at radius 1 is 1.26 bits per heavy atom. The van der Waals surface area contributed by atoms with Gasteiger partial charge in [-0.05, 0) is 26.3 Å². The maximum atomic E-state index is 12.2. The van der Waals surface area contributed by atoms with Gasteiger partial charge in [-0.15, -0.1) is 0 Å². The molecule has 0 radical (unpaired) electrons. The Kier molecular flexibility index (Phi) is 6.43. The summed E-state index contributed by atoms with van der Waals surface area (Å²) in [5.74, 6) is 0.385. The highest BCUT2D eigenvalue weighted by Gasteiger charge is 2.28.